The van der Waals surface area contributed by atoms with Crippen molar-refractivity contribution < 1.29 is 14.6 Å². The lowest BCUT2D eigenvalue weighted by Crippen LogP contribution is -2.34. The highest BCUT2D eigenvalue weighted by molar-refractivity contribution is 5.70. The maximum absolute atomic E-state index is 11.1. The van der Waals surface area contributed by atoms with Crippen LogP contribution in [-0.4, -0.2) is 24.2 Å². The molecule has 0 heterocycles. The van der Waals surface area contributed by atoms with Gasteiger partial charge in [0.1, 0.15) is 5.75 Å². The lowest BCUT2D eigenvalue weighted by Gasteiger charge is -2.27. The van der Waals surface area contributed by atoms with Crippen LogP contribution < -0.4 is 10.1 Å². The number of carboxylic acids is 1. The van der Waals surface area contributed by atoms with E-state index in [2.05, 4.69) is 29.6 Å². The van der Waals surface area contributed by atoms with E-state index in [9.17, 15) is 4.79 Å². The van der Waals surface area contributed by atoms with Gasteiger partial charge in [0.05, 0.1) is 13.0 Å². The van der Waals surface area contributed by atoms with E-state index in [0.29, 0.717) is 6.04 Å². The quantitative estimate of drug-likeness (QED) is 0.832. The van der Waals surface area contributed by atoms with E-state index in [-0.39, 0.29) is 5.92 Å². The average Bonchev–Trinajstić information content (AvgIpc) is 2.67. The number of ether oxygens (including phenoxy) is 1. The second-order valence-corrected chi connectivity index (χ2v) is 6.66. The van der Waals surface area contributed by atoms with Gasteiger partial charge >= 0.3 is 5.97 Å². The first kappa shape index (κ1) is 17.5. The molecule has 0 bridgehead atoms. The van der Waals surface area contributed by atoms with Crippen LogP contribution in [0.4, 0.5) is 0 Å². The molecule has 0 radical (unpaired) electrons. The van der Waals surface area contributed by atoms with Gasteiger partial charge in [0.15, 0.2) is 0 Å². The maximum atomic E-state index is 11.1. The molecule has 0 aliphatic heterocycles. The first-order chi connectivity index (χ1) is 12.2. The van der Waals surface area contributed by atoms with E-state index >= 15 is 0 Å². The minimum atomic E-state index is -0.657. The van der Waals surface area contributed by atoms with Crippen LogP contribution in [0.15, 0.2) is 48.5 Å². The lowest BCUT2D eigenvalue weighted by atomic mass is 9.86. The molecule has 2 aromatic carbocycles. The Balaban J connectivity index is 1.66. The molecule has 0 aromatic heterocycles. The Morgan fingerprint density at radius 2 is 1.80 bits per heavy atom. The highest BCUT2D eigenvalue weighted by Gasteiger charge is 2.25. The average molecular weight is 339 g/mol. The second-order valence-electron chi connectivity index (χ2n) is 6.66. The summed E-state index contributed by atoms with van der Waals surface area (Å²) in [5.41, 5.74) is 3.49. The molecule has 132 valence electrons. The van der Waals surface area contributed by atoms with E-state index in [1.807, 2.05) is 24.3 Å². The molecule has 2 N–H and O–H groups in total. The van der Waals surface area contributed by atoms with Crippen LogP contribution in [0.2, 0.25) is 0 Å². The Hall–Kier alpha value is -2.33. The molecule has 0 atom stereocenters. The van der Waals surface area contributed by atoms with Crippen molar-refractivity contribution in [1.82, 2.24) is 5.32 Å². The summed E-state index contributed by atoms with van der Waals surface area (Å²) >= 11 is 0. The molecule has 3 rings (SSSR count). The van der Waals surface area contributed by atoms with Gasteiger partial charge in [-0.1, -0.05) is 36.4 Å². The van der Waals surface area contributed by atoms with Gasteiger partial charge < -0.3 is 15.2 Å². The van der Waals surface area contributed by atoms with Crippen molar-refractivity contribution in [3.63, 3.8) is 0 Å². The zero-order valence-electron chi connectivity index (χ0n) is 14.6. The van der Waals surface area contributed by atoms with Crippen LogP contribution >= 0.6 is 0 Å². The number of methoxy groups -OCH3 is 1. The minimum Gasteiger partial charge on any atom is -0.496 e. The SMILES string of the molecule is COc1ccc(-c2ccccc2)cc1CNC1CCC(C(=O)O)CC1. The summed E-state index contributed by atoms with van der Waals surface area (Å²) < 4.78 is 5.51. The smallest absolute Gasteiger partial charge is 0.306 e. The molecule has 1 aliphatic carbocycles. The van der Waals surface area contributed by atoms with Crippen molar-refractivity contribution in [3.8, 4) is 16.9 Å². The van der Waals surface area contributed by atoms with Crippen LogP contribution in [0.5, 0.6) is 5.75 Å². The van der Waals surface area contributed by atoms with Crippen molar-refractivity contribution in [1.29, 1.82) is 0 Å². The Kier molecular flexibility index (Phi) is 5.71. The Labute approximate surface area is 148 Å². The van der Waals surface area contributed by atoms with Crippen molar-refractivity contribution in [2.45, 2.75) is 38.3 Å². The summed E-state index contributed by atoms with van der Waals surface area (Å²) in [5, 5.41) is 12.7. The molecule has 1 fully saturated rings. The molecule has 1 aliphatic rings. The number of aliphatic carboxylic acids is 1. The van der Waals surface area contributed by atoms with Gasteiger partial charge in [-0.2, -0.15) is 0 Å². The normalized spacial score (nSPS) is 20.2. The maximum Gasteiger partial charge on any atom is 0.306 e. The van der Waals surface area contributed by atoms with Crippen LogP contribution in [0.1, 0.15) is 31.2 Å². The van der Waals surface area contributed by atoms with Gasteiger partial charge in [0, 0.05) is 18.2 Å². The summed E-state index contributed by atoms with van der Waals surface area (Å²) in [6.07, 6.45) is 3.34. The van der Waals surface area contributed by atoms with Crippen LogP contribution in [-0.2, 0) is 11.3 Å². The Bertz CT molecular complexity index is 706. The van der Waals surface area contributed by atoms with Gasteiger partial charge in [-0.15, -0.1) is 0 Å². The lowest BCUT2D eigenvalue weighted by molar-refractivity contribution is -0.142. The summed E-state index contributed by atoms with van der Waals surface area (Å²) in [5.74, 6) is 0.0519. The molecular formula is C21H25NO3. The van der Waals surface area contributed by atoms with Gasteiger partial charge in [-0.05, 0) is 48.9 Å². The molecule has 0 amide bonds. The zero-order valence-corrected chi connectivity index (χ0v) is 14.6. The van der Waals surface area contributed by atoms with Gasteiger partial charge in [-0.25, -0.2) is 0 Å². The van der Waals surface area contributed by atoms with E-state index in [0.717, 1.165) is 43.5 Å². The summed E-state index contributed by atoms with van der Waals surface area (Å²) in [6.45, 7) is 0.728. The van der Waals surface area contributed by atoms with Crippen molar-refractivity contribution in [3.05, 3.63) is 54.1 Å². The van der Waals surface area contributed by atoms with E-state index in [1.54, 1.807) is 7.11 Å². The minimum absolute atomic E-state index is 0.172. The van der Waals surface area contributed by atoms with Crippen molar-refractivity contribution >= 4 is 5.97 Å². The third-order valence-electron chi connectivity index (χ3n) is 5.05. The molecule has 0 unspecified atom stereocenters. The summed E-state index contributed by atoms with van der Waals surface area (Å²) in [6, 6.07) is 16.9. The Morgan fingerprint density at radius 1 is 1.08 bits per heavy atom. The molecule has 4 nitrogen and oxygen atoms in total. The number of hydrogen-bond donors (Lipinski definition) is 2. The largest absolute Gasteiger partial charge is 0.496 e. The number of carboxylic acid groups (broad SMARTS) is 1. The first-order valence-corrected chi connectivity index (χ1v) is 8.86. The van der Waals surface area contributed by atoms with Crippen LogP contribution in [0, 0.1) is 5.92 Å². The Morgan fingerprint density at radius 3 is 2.44 bits per heavy atom. The van der Waals surface area contributed by atoms with Gasteiger partial charge in [0.2, 0.25) is 0 Å². The molecule has 4 heteroatoms. The topological polar surface area (TPSA) is 58.6 Å². The zero-order chi connectivity index (χ0) is 17.6. The number of benzene rings is 2. The van der Waals surface area contributed by atoms with E-state index in [1.165, 1.54) is 11.1 Å². The molecule has 25 heavy (non-hydrogen) atoms. The fourth-order valence-electron chi connectivity index (χ4n) is 3.53. The van der Waals surface area contributed by atoms with E-state index < -0.39 is 5.97 Å². The fraction of sp³-hybridized carbons (Fsp3) is 0.381. The predicted molar refractivity (Wildman–Crippen MR) is 98.7 cm³/mol. The second kappa shape index (κ2) is 8.17. The standard InChI is InChI=1S/C21H25NO3/c1-25-20-12-9-17(15-5-3-2-4-6-15)13-18(20)14-22-19-10-7-16(8-11-19)21(23)24/h2-6,9,12-13,16,19,22H,7-8,10-11,14H2,1H3,(H,23,24). The number of rotatable bonds is 6. The van der Waals surface area contributed by atoms with Crippen molar-refractivity contribution in [2.75, 3.05) is 7.11 Å². The van der Waals surface area contributed by atoms with E-state index in [4.69, 9.17) is 9.84 Å². The van der Waals surface area contributed by atoms with Gasteiger partial charge in [0.25, 0.3) is 0 Å². The highest BCUT2D eigenvalue weighted by atomic mass is 16.5. The summed E-state index contributed by atoms with van der Waals surface area (Å²) in [7, 11) is 1.69. The molecule has 1 saturated carbocycles. The monoisotopic (exact) mass is 339 g/mol. The molecule has 2 aromatic rings. The third kappa shape index (κ3) is 4.40. The third-order valence-corrected chi connectivity index (χ3v) is 5.05. The fourth-order valence-corrected chi connectivity index (χ4v) is 3.53. The molecule has 0 spiro atoms. The number of carbonyl (C=O) groups is 1. The van der Waals surface area contributed by atoms with Gasteiger partial charge in [-0.3, -0.25) is 4.79 Å². The number of hydrogen-bond acceptors (Lipinski definition) is 3. The van der Waals surface area contributed by atoms with Crippen molar-refractivity contribution in [2.24, 2.45) is 5.92 Å². The predicted octanol–water partition coefficient (Wildman–Crippen LogP) is 4.10. The van der Waals surface area contributed by atoms with Crippen LogP contribution in [0.3, 0.4) is 0 Å². The molecule has 0 saturated heterocycles. The highest BCUT2D eigenvalue weighted by Crippen LogP contribution is 2.28. The first-order valence-electron chi connectivity index (χ1n) is 8.86. The number of nitrogens with one attached hydrogen (secondary N) is 1. The molecular weight excluding hydrogens is 314 g/mol. The summed E-state index contributed by atoms with van der Waals surface area (Å²) in [4.78, 5) is 11.1. The van der Waals surface area contributed by atoms with Crippen LogP contribution in [0.25, 0.3) is 11.1 Å².